The number of unbranched alkanes of at least 4 members (excludes halogenated alkanes) is 1. The van der Waals surface area contributed by atoms with Crippen LogP contribution in [0.3, 0.4) is 0 Å². The maximum absolute atomic E-state index is 11.3. The van der Waals surface area contributed by atoms with Gasteiger partial charge in [-0.25, -0.2) is 0 Å². The maximum atomic E-state index is 11.3. The average molecular weight is 288 g/mol. The number of hydrogen-bond donors (Lipinski definition) is 0. The van der Waals surface area contributed by atoms with Gasteiger partial charge in [-0.2, -0.15) is 0 Å². The summed E-state index contributed by atoms with van der Waals surface area (Å²) in [7, 11) is 0. The highest BCUT2D eigenvalue weighted by Gasteiger charge is 2.10. The Morgan fingerprint density at radius 2 is 1.70 bits per heavy atom. The summed E-state index contributed by atoms with van der Waals surface area (Å²) in [6, 6.07) is 0. The molecule has 0 aromatic heterocycles. The zero-order valence-corrected chi connectivity index (χ0v) is 13.5. The first kappa shape index (κ1) is 19.4. The number of carbonyl (C=O) groups is 1. The van der Waals surface area contributed by atoms with Crippen molar-refractivity contribution in [1.82, 2.24) is 0 Å². The molecular weight excluding hydrogens is 256 g/mol. The van der Waals surface area contributed by atoms with Gasteiger partial charge in [-0.15, -0.1) is 0 Å². The highest BCUT2D eigenvalue weighted by atomic mass is 16.5. The topological polar surface area (TPSA) is 44.8 Å². The van der Waals surface area contributed by atoms with Gasteiger partial charge >= 0.3 is 5.97 Å². The normalized spacial score (nSPS) is 12.3. The van der Waals surface area contributed by atoms with E-state index in [1.807, 2.05) is 6.92 Å². The molecule has 1 atom stereocenters. The summed E-state index contributed by atoms with van der Waals surface area (Å²) in [5.74, 6) is -0.104. The minimum absolute atomic E-state index is 0.104. The summed E-state index contributed by atoms with van der Waals surface area (Å²) < 4.78 is 16.2. The minimum Gasteiger partial charge on any atom is -0.466 e. The molecule has 0 spiro atoms. The van der Waals surface area contributed by atoms with Crippen LogP contribution in [0.4, 0.5) is 0 Å². The van der Waals surface area contributed by atoms with Gasteiger partial charge in [0.25, 0.3) is 0 Å². The molecule has 0 aliphatic heterocycles. The van der Waals surface area contributed by atoms with Crippen LogP contribution in [0, 0.1) is 0 Å². The fourth-order valence-corrected chi connectivity index (χ4v) is 1.97. The van der Waals surface area contributed by atoms with E-state index in [1.54, 1.807) is 0 Å². The standard InChI is InChI=1S/C16H32O4/c1-4-7-9-15(20-14-13-18-12-5-2)10-8-11-16(17)19-6-3/h15H,4-14H2,1-3H3. The van der Waals surface area contributed by atoms with E-state index in [4.69, 9.17) is 14.2 Å². The molecular formula is C16H32O4. The van der Waals surface area contributed by atoms with Crippen molar-refractivity contribution in [3.63, 3.8) is 0 Å². The first-order valence-corrected chi connectivity index (χ1v) is 8.09. The van der Waals surface area contributed by atoms with E-state index in [9.17, 15) is 4.79 Å². The SMILES string of the molecule is CCCCC(CCCC(=O)OCC)OCCOCCC. The molecule has 120 valence electrons. The van der Waals surface area contributed by atoms with Crippen LogP contribution >= 0.6 is 0 Å². The molecule has 0 saturated heterocycles. The highest BCUT2D eigenvalue weighted by Crippen LogP contribution is 2.13. The monoisotopic (exact) mass is 288 g/mol. The lowest BCUT2D eigenvalue weighted by molar-refractivity contribution is -0.143. The zero-order valence-electron chi connectivity index (χ0n) is 13.5. The van der Waals surface area contributed by atoms with Gasteiger partial charge in [-0.3, -0.25) is 4.79 Å². The van der Waals surface area contributed by atoms with Crippen molar-refractivity contribution in [2.75, 3.05) is 26.4 Å². The molecule has 0 saturated carbocycles. The lowest BCUT2D eigenvalue weighted by Gasteiger charge is -2.17. The largest absolute Gasteiger partial charge is 0.466 e. The molecule has 0 aromatic carbocycles. The second kappa shape index (κ2) is 14.8. The number of carbonyl (C=O) groups excluding carboxylic acids is 1. The fraction of sp³-hybridized carbons (Fsp3) is 0.938. The molecule has 0 rings (SSSR count). The molecule has 20 heavy (non-hydrogen) atoms. The quantitative estimate of drug-likeness (QED) is 0.361. The summed E-state index contributed by atoms with van der Waals surface area (Å²) in [6.07, 6.45) is 6.94. The number of esters is 1. The Bertz CT molecular complexity index is 219. The van der Waals surface area contributed by atoms with E-state index >= 15 is 0 Å². The minimum atomic E-state index is -0.104. The van der Waals surface area contributed by atoms with Crippen LogP contribution in [0.5, 0.6) is 0 Å². The van der Waals surface area contributed by atoms with E-state index in [0.29, 0.717) is 26.2 Å². The Balaban J connectivity index is 3.74. The third-order valence-electron chi connectivity index (χ3n) is 3.02. The molecule has 4 heteroatoms. The van der Waals surface area contributed by atoms with Crippen LogP contribution in [-0.4, -0.2) is 38.5 Å². The Morgan fingerprint density at radius 3 is 2.35 bits per heavy atom. The summed E-state index contributed by atoms with van der Waals surface area (Å²) >= 11 is 0. The van der Waals surface area contributed by atoms with E-state index in [-0.39, 0.29) is 12.1 Å². The molecule has 0 amide bonds. The first-order valence-electron chi connectivity index (χ1n) is 8.09. The van der Waals surface area contributed by atoms with Gasteiger partial charge in [0.05, 0.1) is 25.9 Å². The number of ether oxygens (including phenoxy) is 3. The Morgan fingerprint density at radius 1 is 0.950 bits per heavy atom. The van der Waals surface area contributed by atoms with Crippen molar-refractivity contribution < 1.29 is 19.0 Å². The fourth-order valence-electron chi connectivity index (χ4n) is 1.97. The number of rotatable bonds is 14. The average Bonchev–Trinajstić information content (AvgIpc) is 2.44. The highest BCUT2D eigenvalue weighted by molar-refractivity contribution is 5.69. The molecule has 0 aromatic rings. The maximum Gasteiger partial charge on any atom is 0.305 e. The molecule has 1 unspecified atom stereocenters. The van der Waals surface area contributed by atoms with Gasteiger partial charge in [0, 0.05) is 13.0 Å². The predicted molar refractivity (Wildman–Crippen MR) is 80.9 cm³/mol. The molecule has 0 bridgehead atoms. The first-order chi connectivity index (χ1) is 9.74. The molecule has 0 radical (unpaired) electrons. The van der Waals surface area contributed by atoms with Crippen molar-refractivity contribution in [2.45, 2.75) is 71.8 Å². The molecule has 0 aliphatic carbocycles. The van der Waals surface area contributed by atoms with Crippen LogP contribution in [-0.2, 0) is 19.0 Å². The molecule has 0 heterocycles. The molecule has 4 nitrogen and oxygen atoms in total. The summed E-state index contributed by atoms with van der Waals surface area (Å²) in [5, 5.41) is 0. The Kier molecular flexibility index (Phi) is 14.3. The summed E-state index contributed by atoms with van der Waals surface area (Å²) in [5.41, 5.74) is 0. The number of hydrogen-bond acceptors (Lipinski definition) is 4. The van der Waals surface area contributed by atoms with E-state index in [2.05, 4.69) is 13.8 Å². The second-order valence-corrected chi connectivity index (χ2v) is 4.94. The van der Waals surface area contributed by atoms with Crippen molar-refractivity contribution in [1.29, 1.82) is 0 Å². The van der Waals surface area contributed by atoms with E-state index < -0.39 is 0 Å². The smallest absolute Gasteiger partial charge is 0.305 e. The van der Waals surface area contributed by atoms with Gasteiger partial charge in [0.2, 0.25) is 0 Å². The van der Waals surface area contributed by atoms with Gasteiger partial charge < -0.3 is 14.2 Å². The lowest BCUT2D eigenvalue weighted by Crippen LogP contribution is -2.17. The van der Waals surface area contributed by atoms with E-state index in [0.717, 1.165) is 32.3 Å². The van der Waals surface area contributed by atoms with Gasteiger partial charge in [-0.05, 0) is 32.6 Å². The van der Waals surface area contributed by atoms with Crippen LogP contribution in [0.25, 0.3) is 0 Å². The van der Waals surface area contributed by atoms with Crippen LogP contribution in [0.15, 0.2) is 0 Å². The second-order valence-electron chi connectivity index (χ2n) is 4.94. The van der Waals surface area contributed by atoms with Crippen LogP contribution in [0.2, 0.25) is 0 Å². The lowest BCUT2D eigenvalue weighted by atomic mass is 10.1. The molecule has 0 N–H and O–H groups in total. The van der Waals surface area contributed by atoms with Gasteiger partial charge in [-0.1, -0.05) is 26.7 Å². The van der Waals surface area contributed by atoms with Crippen molar-refractivity contribution in [3.05, 3.63) is 0 Å². The van der Waals surface area contributed by atoms with E-state index in [1.165, 1.54) is 12.8 Å². The summed E-state index contributed by atoms with van der Waals surface area (Å²) in [6.45, 7) is 8.68. The Labute approximate surface area is 124 Å². The predicted octanol–water partition coefficient (Wildman–Crippen LogP) is 3.72. The van der Waals surface area contributed by atoms with Crippen LogP contribution < -0.4 is 0 Å². The zero-order chi connectivity index (χ0) is 15.1. The van der Waals surface area contributed by atoms with Crippen molar-refractivity contribution in [3.8, 4) is 0 Å². The van der Waals surface area contributed by atoms with Gasteiger partial charge in [0.15, 0.2) is 0 Å². The third-order valence-corrected chi connectivity index (χ3v) is 3.02. The van der Waals surface area contributed by atoms with Gasteiger partial charge in [0.1, 0.15) is 0 Å². The van der Waals surface area contributed by atoms with Crippen molar-refractivity contribution >= 4 is 5.97 Å². The Hall–Kier alpha value is -0.610. The molecule has 0 fully saturated rings. The third kappa shape index (κ3) is 12.4. The van der Waals surface area contributed by atoms with Crippen LogP contribution in [0.1, 0.15) is 65.7 Å². The summed E-state index contributed by atoms with van der Waals surface area (Å²) in [4.78, 5) is 11.3. The molecule has 0 aliphatic rings. The van der Waals surface area contributed by atoms with Crippen molar-refractivity contribution in [2.24, 2.45) is 0 Å².